The molecule has 0 saturated heterocycles. The molecular formula is C12H19N3O2. The lowest BCUT2D eigenvalue weighted by molar-refractivity contribution is -0.136. The van der Waals surface area contributed by atoms with Crippen LogP contribution in [0.1, 0.15) is 37.7 Å². The number of aryl methyl sites for hydroxylation is 1. The summed E-state index contributed by atoms with van der Waals surface area (Å²) in [6, 6.07) is 1.87. The smallest absolute Gasteiger partial charge is 0.305 e. The Morgan fingerprint density at radius 1 is 1.47 bits per heavy atom. The molecule has 0 saturated carbocycles. The molecule has 0 aromatic carbocycles. The van der Waals surface area contributed by atoms with Crippen molar-refractivity contribution in [1.29, 1.82) is 0 Å². The molecule has 0 fully saturated rings. The molecule has 17 heavy (non-hydrogen) atoms. The molecule has 94 valence electrons. The molecule has 0 unspecified atom stereocenters. The standard InChI is InChI=1S/C12H19N3O2/c1-8(2)12-13-9(3)7-10(14-12)15(4)6-5-11(16)17/h7-8H,5-6H2,1-4H3,(H,16,17). The van der Waals surface area contributed by atoms with Gasteiger partial charge in [-0.15, -0.1) is 0 Å². The predicted octanol–water partition coefficient (Wildman–Crippen LogP) is 1.82. The number of nitrogens with zero attached hydrogens (tertiary/aromatic N) is 3. The molecule has 1 aromatic rings. The third-order valence-electron chi connectivity index (χ3n) is 2.43. The van der Waals surface area contributed by atoms with Crippen molar-refractivity contribution >= 4 is 11.8 Å². The zero-order chi connectivity index (χ0) is 13.0. The molecule has 5 heteroatoms. The van der Waals surface area contributed by atoms with Gasteiger partial charge in [-0.1, -0.05) is 13.8 Å². The minimum atomic E-state index is -0.799. The van der Waals surface area contributed by atoms with E-state index in [1.807, 2.05) is 38.8 Å². The average molecular weight is 237 g/mol. The van der Waals surface area contributed by atoms with E-state index in [0.717, 1.165) is 17.3 Å². The van der Waals surface area contributed by atoms with Crippen LogP contribution >= 0.6 is 0 Å². The summed E-state index contributed by atoms with van der Waals surface area (Å²) in [5.74, 6) is 1.04. The first kappa shape index (κ1) is 13.4. The fourth-order valence-corrected chi connectivity index (χ4v) is 1.41. The van der Waals surface area contributed by atoms with Gasteiger partial charge in [0.15, 0.2) is 0 Å². The van der Waals surface area contributed by atoms with Gasteiger partial charge in [0.25, 0.3) is 0 Å². The van der Waals surface area contributed by atoms with Gasteiger partial charge in [0.2, 0.25) is 0 Å². The van der Waals surface area contributed by atoms with Crippen molar-refractivity contribution in [2.24, 2.45) is 0 Å². The largest absolute Gasteiger partial charge is 0.481 e. The van der Waals surface area contributed by atoms with E-state index in [0.29, 0.717) is 6.54 Å². The van der Waals surface area contributed by atoms with Crippen LogP contribution in [-0.2, 0) is 4.79 Å². The summed E-state index contributed by atoms with van der Waals surface area (Å²) in [7, 11) is 1.84. The number of aliphatic carboxylic acids is 1. The quantitative estimate of drug-likeness (QED) is 0.846. The fraction of sp³-hybridized carbons (Fsp3) is 0.583. The van der Waals surface area contributed by atoms with E-state index in [1.54, 1.807) is 0 Å². The normalized spacial score (nSPS) is 10.6. The minimum absolute atomic E-state index is 0.108. The molecule has 0 aliphatic carbocycles. The van der Waals surface area contributed by atoms with Gasteiger partial charge >= 0.3 is 5.97 Å². The van der Waals surface area contributed by atoms with E-state index in [4.69, 9.17) is 5.11 Å². The summed E-state index contributed by atoms with van der Waals surface area (Å²) >= 11 is 0. The molecule has 0 aliphatic heterocycles. The highest BCUT2D eigenvalue weighted by molar-refractivity contribution is 5.67. The SMILES string of the molecule is Cc1cc(N(C)CCC(=O)O)nc(C(C)C)n1. The third-order valence-corrected chi connectivity index (χ3v) is 2.43. The molecular weight excluding hydrogens is 218 g/mol. The lowest BCUT2D eigenvalue weighted by Gasteiger charge is -2.18. The van der Waals surface area contributed by atoms with Crippen LogP contribution in [0.4, 0.5) is 5.82 Å². The van der Waals surface area contributed by atoms with Crippen LogP contribution in [0.25, 0.3) is 0 Å². The van der Waals surface area contributed by atoms with Crippen molar-refractivity contribution in [2.45, 2.75) is 33.1 Å². The van der Waals surface area contributed by atoms with Crippen LogP contribution in [0, 0.1) is 6.92 Å². The maximum atomic E-state index is 10.5. The molecule has 0 atom stereocenters. The Bertz CT molecular complexity index is 405. The van der Waals surface area contributed by atoms with Gasteiger partial charge < -0.3 is 10.0 Å². The second kappa shape index (κ2) is 5.61. The summed E-state index contributed by atoms with van der Waals surface area (Å²) in [5.41, 5.74) is 0.904. The molecule has 1 rings (SSSR count). The number of aromatic nitrogens is 2. The first-order chi connectivity index (χ1) is 7.90. The molecule has 0 aliphatic rings. The topological polar surface area (TPSA) is 66.3 Å². The second-order valence-electron chi connectivity index (χ2n) is 4.45. The Balaban J connectivity index is 2.85. The van der Waals surface area contributed by atoms with Gasteiger partial charge in [0, 0.05) is 31.3 Å². The molecule has 1 heterocycles. The zero-order valence-electron chi connectivity index (χ0n) is 10.8. The summed E-state index contributed by atoms with van der Waals surface area (Å²) in [6.45, 7) is 6.44. The maximum absolute atomic E-state index is 10.5. The van der Waals surface area contributed by atoms with Gasteiger partial charge in [-0.05, 0) is 6.92 Å². The summed E-state index contributed by atoms with van der Waals surface area (Å²) in [6.07, 6.45) is 0.108. The van der Waals surface area contributed by atoms with Crippen LogP contribution < -0.4 is 4.90 Å². The van der Waals surface area contributed by atoms with E-state index >= 15 is 0 Å². The lowest BCUT2D eigenvalue weighted by atomic mass is 10.2. The van der Waals surface area contributed by atoms with Crippen molar-refractivity contribution in [1.82, 2.24) is 9.97 Å². The number of anilines is 1. The number of carboxylic acids is 1. The van der Waals surface area contributed by atoms with Crippen molar-refractivity contribution in [3.63, 3.8) is 0 Å². The Morgan fingerprint density at radius 3 is 2.65 bits per heavy atom. The van der Waals surface area contributed by atoms with E-state index in [9.17, 15) is 4.79 Å². The fourth-order valence-electron chi connectivity index (χ4n) is 1.41. The molecule has 0 bridgehead atoms. The number of carboxylic acid groups (broad SMARTS) is 1. The predicted molar refractivity (Wildman–Crippen MR) is 66.4 cm³/mol. The van der Waals surface area contributed by atoms with Gasteiger partial charge in [0.05, 0.1) is 6.42 Å². The molecule has 0 amide bonds. The van der Waals surface area contributed by atoms with Crippen molar-refractivity contribution in [3.8, 4) is 0 Å². The molecule has 1 N–H and O–H groups in total. The summed E-state index contributed by atoms with van der Waals surface area (Å²) in [5, 5.41) is 8.65. The Labute approximate surface area is 102 Å². The van der Waals surface area contributed by atoms with Gasteiger partial charge in [-0.3, -0.25) is 4.79 Å². The van der Waals surface area contributed by atoms with Crippen molar-refractivity contribution < 1.29 is 9.90 Å². The van der Waals surface area contributed by atoms with Crippen molar-refractivity contribution in [2.75, 3.05) is 18.5 Å². The molecule has 5 nitrogen and oxygen atoms in total. The highest BCUT2D eigenvalue weighted by Crippen LogP contribution is 2.16. The molecule has 1 aromatic heterocycles. The van der Waals surface area contributed by atoms with E-state index < -0.39 is 5.97 Å². The van der Waals surface area contributed by atoms with Crippen LogP contribution in [0.15, 0.2) is 6.07 Å². The lowest BCUT2D eigenvalue weighted by Crippen LogP contribution is -2.23. The maximum Gasteiger partial charge on any atom is 0.305 e. The number of hydrogen-bond donors (Lipinski definition) is 1. The van der Waals surface area contributed by atoms with E-state index in [1.165, 1.54) is 0 Å². The van der Waals surface area contributed by atoms with Crippen LogP contribution in [0.3, 0.4) is 0 Å². The Hall–Kier alpha value is -1.65. The molecule has 0 radical (unpaired) electrons. The highest BCUT2D eigenvalue weighted by atomic mass is 16.4. The first-order valence-corrected chi connectivity index (χ1v) is 5.68. The van der Waals surface area contributed by atoms with E-state index in [-0.39, 0.29) is 12.3 Å². The number of hydrogen-bond acceptors (Lipinski definition) is 4. The van der Waals surface area contributed by atoms with Gasteiger partial charge in [0.1, 0.15) is 11.6 Å². The number of carbonyl (C=O) groups is 1. The number of rotatable bonds is 5. The Morgan fingerprint density at radius 2 is 2.12 bits per heavy atom. The monoisotopic (exact) mass is 237 g/mol. The Kier molecular flexibility index (Phi) is 4.43. The molecule has 0 spiro atoms. The summed E-state index contributed by atoms with van der Waals surface area (Å²) < 4.78 is 0. The second-order valence-corrected chi connectivity index (χ2v) is 4.45. The highest BCUT2D eigenvalue weighted by Gasteiger charge is 2.10. The van der Waals surface area contributed by atoms with Crippen LogP contribution in [0.5, 0.6) is 0 Å². The zero-order valence-corrected chi connectivity index (χ0v) is 10.8. The summed E-state index contributed by atoms with van der Waals surface area (Å²) in [4.78, 5) is 21.1. The van der Waals surface area contributed by atoms with Gasteiger partial charge in [-0.25, -0.2) is 9.97 Å². The third kappa shape index (κ3) is 4.01. The van der Waals surface area contributed by atoms with Gasteiger partial charge in [-0.2, -0.15) is 0 Å². The van der Waals surface area contributed by atoms with Crippen molar-refractivity contribution in [3.05, 3.63) is 17.6 Å². The first-order valence-electron chi connectivity index (χ1n) is 5.68. The van der Waals surface area contributed by atoms with Crippen LogP contribution in [-0.4, -0.2) is 34.6 Å². The van der Waals surface area contributed by atoms with E-state index in [2.05, 4.69) is 9.97 Å². The average Bonchev–Trinajstić information content (AvgIpc) is 2.24. The minimum Gasteiger partial charge on any atom is -0.481 e. The van der Waals surface area contributed by atoms with Crippen LogP contribution in [0.2, 0.25) is 0 Å².